The summed E-state index contributed by atoms with van der Waals surface area (Å²) in [4.78, 5) is 13.0. The average Bonchev–Trinajstić information content (AvgIpc) is 2.91. The fraction of sp³-hybridized carbons (Fsp3) is 0.207. The van der Waals surface area contributed by atoms with Crippen molar-refractivity contribution in [2.45, 2.75) is 13.0 Å². The standard InChI is InChI=1S/C29H26O7/c1-31-23-10-9-17(11-25(23)32-2)12-28(30)36-24-13-18-14-26(33-3)27(34-4)15-20(18)29-19-7-5-6-8-22(19)35-16-21(24)29/h5-11,13-15H,12,16H2,1-4H3. The number of carbonyl (C=O) groups is 1. The summed E-state index contributed by atoms with van der Waals surface area (Å²) in [6.45, 7) is 0.273. The van der Waals surface area contributed by atoms with Gasteiger partial charge in [-0.3, -0.25) is 4.79 Å². The Morgan fingerprint density at radius 3 is 2.19 bits per heavy atom. The Balaban J connectivity index is 1.58. The second-order valence-electron chi connectivity index (χ2n) is 8.28. The molecule has 7 nitrogen and oxygen atoms in total. The van der Waals surface area contributed by atoms with Gasteiger partial charge in [0.2, 0.25) is 0 Å². The van der Waals surface area contributed by atoms with Crippen LogP contribution in [-0.4, -0.2) is 34.4 Å². The van der Waals surface area contributed by atoms with Crippen LogP contribution in [0.4, 0.5) is 0 Å². The van der Waals surface area contributed by atoms with Crippen LogP contribution in [0.25, 0.3) is 21.9 Å². The summed E-state index contributed by atoms with van der Waals surface area (Å²) in [6.07, 6.45) is 0.0660. The molecule has 0 bridgehead atoms. The molecule has 184 valence electrons. The zero-order valence-corrected chi connectivity index (χ0v) is 20.5. The molecule has 0 aliphatic carbocycles. The van der Waals surface area contributed by atoms with Gasteiger partial charge in [0.1, 0.15) is 18.1 Å². The maximum Gasteiger partial charge on any atom is 0.315 e. The van der Waals surface area contributed by atoms with E-state index in [1.165, 1.54) is 0 Å². The third kappa shape index (κ3) is 4.13. The first-order valence-corrected chi connectivity index (χ1v) is 11.4. The molecule has 0 saturated heterocycles. The van der Waals surface area contributed by atoms with Gasteiger partial charge in [0, 0.05) is 16.7 Å². The number of methoxy groups -OCH3 is 4. The van der Waals surface area contributed by atoms with E-state index in [0.717, 1.165) is 38.8 Å². The third-order valence-electron chi connectivity index (χ3n) is 6.26. The number of fused-ring (bicyclic) bond motifs is 5. The van der Waals surface area contributed by atoms with Gasteiger partial charge in [0.25, 0.3) is 0 Å². The predicted molar refractivity (Wildman–Crippen MR) is 136 cm³/mol. The highest BCUT2D eigenvalue weighted by molar-refractivity contribution is 6.03. The molecule has 4 aromatic carbocycles. The van der Waals surface area contributed by atoms with Gasteiger partial charge >= 0.3 is 5.97 Å². The van der Waals surface area contributed by atoms with E-state index in [2.05, 4.69) is 0 Å². The van der Waals surface area contributed by atoms with Crippen LogP contribution in [0.3, 0.4) is 0 Å². The Labute approximate surface area is 209 Å². The van der Waals surface area contributed by atoms with Gasteiger partial charge in [-0.15, -0.1) is 0 Å². The zero-order chi connectivity index (χ0) is 25.2. The molecule has 1 aliphatic rings. The van der Waals surface area contributed by atoms with E-state index in [1.54, 1.807) is 40.6 Å². The number of hydrogen-bond donors (Lipinski definition) is 0. The van der Waals surface area contributed by atoms with Gasteiger partial charge < -0.3 is 28.4 Å². The maximum absolute atomic E-state index is 13.0. The Morgan fingerprint density at radius 1 is 0.778 bits per heavy atom. The predicted octanol–water partition coefficient (Wildman–Crippen LogP) is 5.58. The van der Waals surface area contributed by atoms with E-state index in [4.69, 9.17) is 28.4 Å². The number of ether oxygens (including phenoxy) is 6. The molecule has 0 amide bonds. The topological polar surface area (TPSA) is 72.5 Å². The van der Waals surface area contributed by atoms with Crippen molar-refractivity contribution in [2.75, 3.05) is 28.4 Å². The average molecular weight is 487 g/mol. The highest BCUT2D eigenvalue weighted by atomic mass is 16.5. The lowest BCUT2D eigenvalue weighted by molar-refractivity contribution is -0.133. The summed E-state index contributed by atoms with van der Waals surface area (Å²) >= 11 is 0. The summed E-state index contributed by atoms with van der Waals surface area (Å²) < 4.78 is 33.7. The Hall–Kier alpha value is -4.39. The van der Waals surface area contributed by atoms with E-state index in [-0.39, 0.29) is 13.0 Å². The normalized spacial score (nSPS) is 11.7. The van der Waals surface area contributed by atoms with Crippen LogP contribution in [0.15, 0.2) is 60.7 Å². The lowest BCUT2D eigenvalue weighted by atomic mass is 9.90. The fourth-order valence-corrected chi connectivity index (χ4v) is 4.55. The quantitative estimate of drug-likeness (QED) is 0.249. The molecule has 1 aliphatic heterocycles. The number of esters is 1. The number of benzene rings is 4. The fourth-order valence-electron chi connectivity index (χ4n) is 4.55. The Morgan fingerprint density at radius 2 is 1.44 bits per heavy atom. The van der Waals surface area contributed by atoms with Crippen molar-refractivity contribution >= 4 is 16.7 Å². The van der Waals surface area contributed by atoms with Crippen molar-refractivity contribution < 1.29 is 33.2 Å². The van der Waals surface area contributed by atoms with Crippen molar-refractivity contribution in [3.63, 3.8) is 0 Å². The molecule has 0 radical (unpaired) electrons. The lowest BCUT2D eigenvalue weighted by Crippen LogP contribution is -2.15. The monoisotopic (exact) mass is 486 g/mol. The number of para-hydroxylation sites is 1. The third-order valence-corrected chi connectivity index (χ3v) is 6.26. The smallest absolute Gasteiger partial charge is 0.315 e. The molecule has 0 N–H and O–H groups in total. The first-order valence-electron chi connectivity index (χ1n) is 11.4. The molecule has 0 fully saturated rings. The number of rotatable bonds is 7. The van der Waals surface area contributed by atoms with Crippen molar-refractivity contribution in [1.82, 2.24) is 0 Å². The Kier molecular flexibility index (Phi) is 6.29. The summed E-state index contributed by atoms with van der Waals surface area (Å²) in [5.74, 6) is 3.18. The molecular weight excluding hydrogens is 460 g/mol. The highest BCUT2D eigenvalue weighted by Crippen LogP contribution is 2.47. The van der Waals surface area contributed by atoms with E-state index in [9.17, 15) is 4.79 Å². The van der Waals surface area contributed by atoms with Crippen LogP contribution in [0.5, 0.6) is 34.5 Å². The molecule has 0 unspecified atom stereocenters. The minimum Gasteiger partial charge on any atom is -0.493 e. The maximum atomic E-state index is 13.0. The number of hydrogen-bond acceptors (Lipinski definition) is 7. The molecule has 4 aromatic rings. The largest absolute Gasteiger partial charge is 0.493 e. The van der Waals surface area contributed by atoms with Gasteiger partial charge in [-0.05, 0) is 52.7 Å². The van der Waals surface area contributed by atoms with Crippen molar-refractivity contribution in [3.05, 3.63) is 71.8 Å². The van der Waals surface area contributed by atoms with Gasteiger partial charge in [-0.1, -0.05) is 24.3 Å². The summed E-state index contributed by atoms with van der Waals surface area (Å²) in [7, 11) is 6.33. The molecule has 0 aromatic heterocycles. The van der Waals surface area contributed by atoms with E-state index < -0.39 is 5.97 Å². The van der Waals surface area contributed by atoms with Gasteiger partial charge in [-0.2, -0.15) is 0 Å². The van der Waals surface area contributed by atoms with Crippen LogP contribution in [0.2, 0.25) is 0 Å². The van der Waals surface area contributed by atoms with Gasteiger partial charge in [0.15, 0.2) is 23.0 Å². The minimum atomic E-state index is -0.400. The van der Waals surface area contributed by atoms with Crippen molar-refractivity contribution in [2.24, 2.45) is 0 Å². The van der Waals surface area contributed by atoms with Gasteiger partial charge in [-0.25, -0.2) is 0 Å². The molecule has 0 saturated carbocycles. The van der Waals surface area contributed by atoms with Crippen LogP contribution in [0.1, 0.15) is 11.1 Å². The molecule has 1 heterocycles. The highest BCUT2D eigenvalue weighted by Gasteiger charge is 2.26. The lowest BCUT2D eigenvalue weighted by Gasteiger charge is -2.25. The summed E-state index contributed by atoms with van der Waals surface area (Å²) in [5.41, 5.74) is 3.42. The summed E-state index contributed by atoms with van der Waals surface area (Å²) in [6, 6.07) is 18.9. The van der Waals surface area contributed by atoms with Crippen LogP contribution in [-0.2, 0) is 17.8 Å². The van der Waals surface area contributed by atoms with Crippen LogP contribution < -0.4 is 28.4 Å². The molecule has 7 heteroatoms. The molecule has 0 atom stereocenters. The van der Waals surface area contributed by atoms with E-state index >= 15 is 0 Å². The molecular formula is C29H26O7. The molecule has 5 rings (SSSR count). The van der Waals surface area contributed by atoms with Gasteiger partial charge in [0.05, 0.1) is 34.9 Å². The van der Waals surface area contributed by atoms with Crippen molar-refractivity contribution in [1.29, 1.82) is 0 Å². The number of carbonyl (C=O) groups excluding carboxylic acids is 1. The first kappa shape index (κ1) is 23.4. The van der Waals surface area contributed by atoms with Crippen LogP contribution in [0, 0.1) is 0 Å². The summed E-state index contributed by atoms with van der Waals surface area (Å²) in [5, 5.41) is 1.81. The second kappa shape index (κ2) is 9.70. The van der Waals surface area contributed by atoms with E-state index in [1.807, 2.05) is 48.5 Å². The SMILES string of the molecule is COc1ccc(CC(=O)Oc2cc3cc(OC)c(OC)cc3c3c2COc2ccccc2-3)cc1OC. The van der Waals surface area contributed by atoms with Crippen LogP contribution >= 0.6 is 0 Å². The minimum absolute atomic E-state index is 0.0660. The molecule has 36 heavy (non-hydrogen) atoms. The zero-order valence-electron chi connectivity index (χ0n) is 20.5. The first-order chi connectivity index (χ1) is 17.6. The van der Waals surface area contributed by atoms with Crippen molar-refractivity contribution in [3.8, 4) is 45.6 Å². The Bertz CT molecular complexity index is 1460. The van der Waals surface area contributed by atoms with E-state index in [0.29, 0.717) is 28.7 Å². The molecule has 0 spiro atoms. The second-order valence-corrected chi connectivity index (χ2v) is 8.28.